The number of benzene rings is 2. The Morgan fingerprint density at radius 2 is 1.88 bits per heavy atom. The lowest BCUT2D eigenvalue weighted by Gasteiger charge is -2.39. The van der Waals surface area contributed by atoms with E-state index >= 15 is 0 Å². The van der Waals surface area contributed by atoms with Gasteiger partial charge in [-0.2, -0.15) is 0 Å². The van der Waals surface area contributed by atoms with Gasteiger partial charge >= 0.3 is 0 Å². The molecule has 1 atom stereocenters. The molecule has 3 heterocycles. The zero-order valence-corrected chi connectivity index (χ0v) is 20.0. The van der Waals surface area contributed by atoms with E-state index in [1.54, 1.807) is 12.3 Å². The van der Waals surface area contributed by atoms with Crippen molar-refractivity contribution in [2.24, 2.45) is 5.92 Å². The maximum absolute atomic E-state index is 10.6. The van der Waals surface area contributed by atoms with Gasteiger partial charge in [-0.25, -0.2) is 0 Å². The van der Waals surface area contributed by atoms with Gasteiger partial charge in [0, 0.05) is 47.8 Å². The number of nitrogens with zero attached hydrogens (tertiary/aromatic N) is 2. The molecule has 1 saturated heterocycles. The van der Waals surface area contributed by atoms with Gasteiger partial charge in [-0.3, -0.25) is 10.3 Å². The zero-order valence-electron chi connectivity index (χ0n) is 20.0. The lowest BCUT2D eigenvalue weighted by atomic mass is 9.74. The minimum atomic E-state index is 0.165. The second kappa shape index (κ2) is 9.55. The number of phenols is 1. The molecule has 1 unspecified atom stereocenters. The van der Waals surface area contributed by atoms with Crippen LogP contribution < -0.4 is 4.74 Å². The molecule has 0 aliphatic carbocycles. The van der Waals surface area contributed by atoms with Gasteiger partial charge in [0.2, 0.25) is 0 Å². The molecular formula is C28H33N3O3. The van der Waals surface area contributed by atoms with Crippen LogP contribution in [0.3, 0.4) is 0 Å². The summed E-state index contributed by atoms with van der Waals surface area (Å²) in [5.74, 6) is 2.62. The molecule has 6 nitrogen and oxygen atoms in total. The Balaban J connectivity index is 1.44. The molecule has 0 radical (unpaired) electrons. The van der Waals surface area contributed by atoms with Crippen molar-refractivity contribution in [2.75, 3.05) is 26.2 Å². The van der Waals surface area contributed by atoms with Crippen LogP contribution >= 0.6 is 0 Å². The molecule has 6 heteroatoms. The first-order valence-electron chi connectivity index (χ1n) is 12.3. The number of ether oxygens (including phenoxy) is 1. The number of piperidine rings is 1. The van der Waals surface area contributed by atoms with Crippen LogP contribution in [0.25, 0.3) is 0 Å². The number of hydrogen-bond donors (Lipinski definition) is 2. The van der Waals surface area contributed by atoms with Gasteiger partial charge in [-0.05, 0) is 63.9 Å². The Bertz CT molecular complexity index is 1150. The second-order valence-corrected chi connectivity index (χ2v) is 9.29. The van der Waals surface area contributed by atoms with Crippen LogP contribution in [0.1, 0.15) is 54.9 Å². The molecule has 2 aliphatic heterocycles. The van der Waals surface area contributed by atoms with E-state index in [-0.39, 0.29) is 11.7 Å². The molecule has 2 aromatic carbocycles. The quantitative estimate of drug-likeness (QED) is 0.360. The van der Waals surface area contributed by atoms with Crippen LogP contribution in [0.15, 0.2) is 59.4 Å². The Morgan fingerprint density at radius 3 is 2.59 bits per heavy atom. The number of para-hydroxylation sites is 1. The Labute approximate surface area is 201 Å². The number of nitrogens with one attached hydrogen (secondary N) is 1. The highest BCUT2D eigenvalue weighted by atomic mass is 16.5. The van der Waals surface area contributed by atoms with Gasteiger partial charge in [0.25, 0.3) is 0 Å². The van der Waals surface area contributed by atoms with Crippen molar-refractivity contribution in [2.45, 2.75) is 39.2 Å². The summed E-state index contributed by atoms with van der Waals surface area (Å²) in [6.45, 7) is 8.69. The molecule has 0 amide bonds. The zero-order chi connectivity index (χ0) is 23.7. The third-order valence-electron chi connectivity index (χ3n) is 7.36. The van der Waals surface area contributed by atoms with Crippen LogP contribution in [0.2, 0.25) is 0 Å². The first kappa shape index (κ1) is 22.5. The van der Waals surface area contributed by atoms with Crippen molar-refractivity contribution in [1.82, 2.24) is 9.80 Å². The molecule has 5 rings (SSSR count). The van der Waals surface area contributed by atoms with E-state index in [0.717, 1.165) is 68.0 Å². The second-order valence-electron chi connectivity index (χ2n) is 9.29. The first-order chi connectivity index (χ1) is 16.6. The minimum Gasteiger partial charge on any atom is -0.504 e. The highest BCUT2D eigenvalue weighted by molar-refractivity contribution is 5.97. The van der Waals surface area contributed by atoms with E-state index in [2.05, 4.69) is 36.9 Å². The van der Waals surface area contributed by atoms with Crippen LogP contribution in [0.4, 0.5) is 0 Å². The summed E-state index contributed by atoms with van der Waals surface area (Å²) >= 11 is 0. The number of fused-ring (bicyclic) bond motifs is 2. The minimum absolute atomic E-state index is 0.165. The third-order valence-corrected chi connectivity index (χ3v) is 7.36. The standard InChI is InChI=1S/C28H33N3O3/c1-3-31(4-2)28(29)21-8-9-22-25(16-21)34-27-23(6-5-7-24(27)32)26(22)20-10-13-30(14-11-20)17-19-12-15-33-18-19/h5-9,12,15-16,18,20,26,29,32H,3-4,10-11,13-14,17H2,1-2H3. The van der Waals surface area contributed by atoms with Gasteiger partial charge in [0.15, 0.2) is 11.5 Å². The Hall–Kier alpha value is -3.25. The van der Waals surface area contributed by atoms with Crippen molar-refractivity contribution in [3.05, 3.63) is 77.2 Å². The monoisotopic (exact) mass is 459 g/mol. The van der Waals surface area contributed by atoms with E-state index in [1.165, 1.54) is 5.56 Å². The van der Waals surface area contributed by atoms with Crippen LogP contribution in [0, 0.1) is 11.3 Å². The van der Waals surface area contributed by atoms with Gasteiger partial charge in [-0.1, -0.05) is 24.3 Å². The smallest absolute Gasteiger partial charge is 0.172 e. The fourth-order valence-electron chi connectivity index (χ4n) is 5.52. The van der Waals surface area contributed by atoms with E-state index < -0.39 is 0 Å². The van der Waals surface area contributed by atoms with E-state index in [1.807, 2.05) is 29.4 Å². The predicted molar refractivity (Wildman–Crippen MR) is 133 cm³/mol. The summed E-state index contributed by atoms with van der Waals surface area (Å²) in [6, 6.07) is 13.9. The van der Waals surface area contributed by atoms with Gasteiger partial charge in [0.1, 0.15) is 11.6 Å². The summed E-state index contributed by atoms with van der Waals surface area (Å²) < 4.78 is 11.5. The maximum atomic E-state index is 10.6. The molecule has 0 bridgehead atoms. The van der Waals surface area contributed by atoms with Crippen molar-refractivity contribution >= 4 is 5.84 Å². The average Bonchev–Trinajstić information content (AvgIpc) is 3.37. The van der Waals surface area contributed by atoms with E-state index in [4.69, 9.17) is 14.6 Å². The number of rotatable bonds is 6. The van der Waals surface area contributed by atoms with Gasteiger partial charge in [0.05, 0.1) is 12.5 Å². The summed E-state index contributed by atoms with van der Waals surface area (Å²) in [5, 5.41) is 19.3. The maximum Gasteiger partial charge on any atom is 0.172 e. The van der Waals surface area contributed by atoms with E-state index in [9.17, 15) is 5.11 Å². The topological polar surface area (TPSA) is 72.9 Å². The highest BCUT2D eigenvalue weighted by Crippen LogP contribution is 2.52. The molecule has 3 aromatic rings. The molecule has 0 saturated carbocycles. The van der Waals surface area contributed by atoms with Crippen LogP contribution in [0.5, 0.6) is 17.2 Å². The molecule has 178 valence electrons. The largest absolute Gasteiger partial charge is 0.504 e. The van der Waals surface area contributed by atoms with Crippen molar-refractivity contribution in [3.8, 4) is 17.2 Å². The molecule has 2 N–H and O–H groups in total. The SMILES string of the molecule is CCN(CC)C(=N)c1ccc2c(c1)Oc1c(O)cccc1C2C1CCN(Cc2ccoc2)CC1. The third kappa shape index (κ3) is 4.18. The molecule has 1 fully saturated rings. The lowest BCUT2D eigenvalue weighted by molar-refractivity contribution is 0.165. The number of phenolic OH excluding ortho intramolecular Hbond substituents is 1. The fraction of sp³-hybridized carbons (Fsp3) is 0.393. The summed E-state index contributed by atoms with van der Waals surface area (Å²) in [7, 11) is 0. The van der Waals surface area contributed by atoms with Gasteiger partial charge in [-0.15, -0.1) is 0 Å². The van der Waals surface area contributed by atoms with Gasteiger partial charge < -0.3 is 19.2 Å². The van der Waals surface area contributed by atoms with Crippen LogP contribution in [-0.2, 0) is 6.54 Å². The van der Waals surface area contributed by atoms with Crippen molar-refractivity contribution in [3.63, 3.8) is 0 Å². The normalized spacial score (nSPS) is 18.1. The number of hydrogen-bond acceptors (Lipinski definition) is 5. The Kier molecular flexibility index (Phi) is 6.33. The molecular weight excluding hydrogens is 426 g/mol. The molecule has 2 aliphatic rings. The summed E-state index contributed by atoms with van der Waals surface area (Å²) in [4.78, 5) is 4.52. The summed E-state index contributed by atoms with van der Waals surface area (Å²) in [6.07, 6.45) is 5.72. The fourth-order valence-corrected chi connectivity index (χ4v) is 5.52. The van der Waals surface area contributed by atoms with Crippen molar-refractivity contribution < 1.29 is 14.3 Å². The lowest BCUT2D eigenvalue weighted by Crippen LogP contribution is -2.36. The number of likely N-dealkylation sites (tertiary alicyclic amines) is 1. The van der Waals surface area contributed by atoms with E-state index in [0.29, 0.717) is 17.5 Å². The Morgan fingerprint density at radius 1 is 1.09 bits per heavy atom. The first-order valence-corrected chi connectivity index (χ1v) is 12.3. The molecule has 1 aromatic heterocycles. The molecule has 34 heavy (non-hydrogen) atoms. The number of furan rings is 1. The van der Waals surface area contributed by atoms with Crippen molar-refractivity contribution in [1.29, 1.82) is 5.41 Å². The number of amidine groups is 1. The summed E-state index contributed by atoms with van der Waals surface area (Å²) in [5.41, 5.74) is 4.28. The highest BCUT2D eigenvalue weighted by Gasteiger charge is 2.36. The predicted octanol–water partition coefficient (Wildman–Crippen LogP) is 5.80. The molecule has 0 spiro atoms. The average molecular weight is 460 g/mol. The van der Waals surface area contributed by atoms with Crippen LogP contribution in [-0.4, -0.2) is 46.9 Å². The number of aromatic hydroxyl groups is 1.